The highest BCUT2D eigenvalue weighted by Crippen LogP contribution is 2.47. The van der Waals surface area contributed by atoms with Crippen LogP contribution in [0.5, 0.6) is 0 Å². The Labute approximate surface area is 190 Å². The normalized spacial score (nSPS) is 26.2. The second-order valence-corrected chi connectivity index (χ2v) is 9.53. The van der Waals surface area contributed by atoms with Crippen LogP contribution in [0, 0.1) is 5.92 Å². The Balaban J connectivity index is 1.62. The van der Waals surface area contributed by atoms with E-state index in [0.29, 0.717) is 12.4 Å². The van der Waals surface area contributed by atoms with Gasteiger partial charge in [-0.15, -0.1) is 0 Å². The molecule has 3 atom stereocenters. The van der Waals surface area contributed by atoms with Crippen LogP contribution in [-0.4, -0.2) is 70.2 Å². The zero-order valence-electron chi connectivity index (χ0n) is 19.4. The molecule has 2 aliphatic heterocycles. The van der Waals surface area contributed by atoms with Gasteiger partial charge in [0.25, 0.3) is 0 Å². The number of likely N-dealkylation sites (N-methyl/N-ethyl adjacent to an activating group) is 1. The van der Waals surface area contributed by atoms with Gasteiger partial charge in [-0.05, 0) is 39.4 Å². The summed E-state index contributed by atoms with van der Waals surface area (Å²) in [5.74, 6) is 0.843. The Morgan fingerprint density at radius 2 is 1.94 bits per heavy atom. The molecule has 32 heavy (non-hydrogen) atoms. The molecule has 0 bridgehead atoms. The molecule has 2 N–H and O–H groups in total. The highest BCUT2D eigenvalue weighted by Gasteiger charge is 2.55. The summed E-state index contributed by atoms with van der Waals surface area (Å²) >= 11 is 0. The number of likely N-dealkylation sites (tertiary alicyclic amines) is 2. The maximum Gasteiger partial charge on any atom is 0.239 e. The van der Waals surface area contributed by atoms with E-state index in [1.807, 2.05) is 42.8 Å². The Morgan fingerprint density at radius 3 is 2.62 bits per heavy atom. The molecule has 172 valence electrons. The van der Waals surface area contributed by atoms with Crippen LogP contribution in [0.25, 0.3) is 0 Å². The number of nitrogens with one attached hydrogen (secondary N) is 2. The first-order chi connectivity index (χ1) is 15.3. The molecule has 0 unspecified atom stereocenters. The molecule has 2 fully saturated rings. The van der Waals surface area contributed by atoms with E-state index < -0.39 is 0 Å². The van der Waals surface area contributed by atoms with E-state index in [-0.39, 0.29) is 41.9 Å². The fourth-order valence-electron chi connectivity index (χ4n) is 5.62. The van der Waals surface area contributed by atoms with Crippen molar-refractivity contribution in [2.75, 3.05) is 38.5 Å². The zero-order valence-corrected chi connectivity index (χ0v) is 19.4. The van der Waals surface area contributed by atoms with Gasteiger partial charge in [-0.25, -0.2) is 4.68 Å². The molecule has 8 heteroatoms. The van der Waals surface area contributed by atoms with Crippen LogP contribution in [0.15, 0.2) is 42.6 Å². The number of hydrogen-bond donors (Lipinski definition) is 2. The lowest BCUT2D eigenvalue weighted by Gasteiger charge is -2.44. The highest BCUT2D eigenvalue weighted by molar-refractivity contribution is 5.91. The molecule has 0 radical (unpaired) electrons. The minimum absolute atomic E-state index is 0.0238. The average Bonchev–Trinajstić information content (AvgIpc) is 3.29. The summed E-state index contributed by atoms with van der Waals surface area (Å²) < 4.78 is 1.81. The molecular weight excluding hydrogens is 404 g/mol. The van der Waals surface area contributed by atoms with E-state index in [1.54, 1.807) is 13.1 Å². The monoisotopic (exact) mass is 438 g/mol. The molecule has 1 aromatic heterocycles. The second-order valence-electron chi connectivity index (χ2n) is 9.53. The van der Waals surface area contributed by atoms with E-state index in [9.17, 15) is 9.59 Å². The molecule has 8 nitrogen and oxygen atoms in total. The van der Waals surface area contributed by atoms with Crippen LogP contribution in [-0.2, 0) is 9.59 Å². The number of aromatic nitrogens is 2. The number of fused-ring (bicyclic) bond motifs is 1. The third-order valence-electron chi connectivity index (χ3n) is 6.68. The van der Waals surface area contributed by atoms with Gasteiger partial charge in [-0.3, -0.25) is 14.5 Å². The molecule has 2 amide bonds. The van der Waals surface area contributed by atoms with Gasteiger partial charge in [0, 0.05) is 44.1 Å². The van der Waals surface area contributed by atoms with Crippen molar-refractivity contribution in [2.24, 2.45) is 5.92 Å². The smallest absolute Gasteiger partial charge is 0.239 e. The minimum Gasteiger partial charge on any atom is -0.348 e. The number of carbonyl (C=O) groups excluding carboxylic acids is 2. The molecular formula is C24H34N6O2. The van der Waals surface area contributed by atoms with Crippen molar-refractivity contribution in [2.45, 2.75) is 44.8 Å². The lowest BCUT2D eigenvalue weighted by Crippen LogP contribution is -2.63. The Morgan fingerprint density at radius 1 is 1.19 bits per heavy atom. The molecule has 2 aliphatic rings. The largest absolute Gasteiger partial charge is 0.348 e. The average molecular weight is 439 g/mol. The summed E-state index contributed by atoms with van der Waals surface area (Å²) in [6.07, 6.45) is 2.67. The molecule has 0 spiro atoms. The highest BCUT2D eigenvalue weighted by atomic mass is 16.2. The summed E-state index contributed by atoms with van der Waals surface area (Å²) in [5, 5.41) is 10.6. The van der Waals surface area contributed by atoms with Gasteiger partial charge < -0.3 is 15.5 Å². The van der Waals surface area contributed by atoms with Crippen LogP contribution in [0.2, 0.25) is 0 Å². The number of amides is 2. The van der Waals surface area contributed by atoms with Gasteiger partial charge >= 0.3 is 0 Å². The molecule has 2 aromatic rings. The van der Waals surface area contributed by atoms with E-state index in [2.05, 4.69) is 44.7 Å². The zero-order chi connectivity index (χ0) is 22.9. The minimum atomic E-state index is -0.376. The summed E-state index contributed by atoms with van der Waals surface area (Å²) in [7, 11) is 2.10. The number of benzene rings is 1. The molecule has 1 aromatic carbocycles. The van der Waals surface area contributed by atoms with Crippen molar-refractivity contribution in [1.29, 1.82) is 0 Å². The van der Waals surface area contributed by atoms with Crippen LogP contribution in [0.1, 0.15) is 44.8 Å². The summed E-state index contributed by atoms with van der Waals surface area (Å²) in [5.41, 5.74) is 0.814. The van der Waals surface area contributed by atoms with Crippen LogP contribution in [0.3, 0.4) is 0 Å². The second kappa shape index (κ2) is 9.03. The number of rotatable bonds is 6. The van der Waals surface area contributed by atoms with Crippen molar-refractivity contribution < 1.29 is 9.59 Å². The molecule has 0 saturated carbocycles. The maximum absolute atomic E-state index is 13.1. The van der Waals surface area contributed by atoms with Crippen molar-refractivity contribution in [1.82, 2.24) is 24.9 Å². The van der Waals surface area contributed by atoms with Crippen LogP contribution in [0.4, 0.5) is 5.82 Å². The molecule has 4 rings (SSSR count). The molecule has 3 heterocycles. The Bertz CT molecular complexity index is 958. The van der Waals surface area contributed by atoms with Gasteiger partial charge in [0.15, 0.2) is 0 Å². The van der Waals surface area contributed by atoms with Crippen molar-refractivity contribution >= 4 is 17.6 Å². The molecule has 2 saturated heterocycles. The predicted octanol–water partition coefficient (Wildman–Crippen LogP) is 2.29. The predicted molar refractivity (Wildman–Crippen MR) is 124 cm³/mol. The van der Waals surface area contributed by atoms with Gasteiger partial charge in [-0.2, -0.15) is 5.10 Å². The molecule has 0 aliphatic carbocycles. The van der Waals surface area contributed by atoms with Gasteiger partial charge in [0.05, 0.1) is 18.3 Å². The maximum atomic E-state index is 13.1. The quantitative estimate of drug-likeness (QED) is 0.723. The SMILES string of the molecule is CC(=O)N[C@@]12CN(C)CC[C@@H]1[C@@H](c1ccccc1)N(CC(=O)Nc1ccnn1C(C)C)C2. The number of hydrogen-bond acceptors (Lipinski definition) is 5. The third kappa shape index (κ3) is 4.42. The summed E-state index contributed by atoms with van der Waals surface area (Å²) in [6, 6.07) is 12.4. The first kappa shape index (κ1) is 22.5. The number of carbonyl (C=O) groups is 2. The van der Waals surface area contributed by atoms with Crippen molar-refractivity contribution in [3.8, 4) is 0 Å². The van der Waals surface area contributed by atoms with Gasteiger partial charge in [0.2, 0.25) is 11.8 Å². The number of nitrogens with zero attached hydrogens (tertiary/aromatic N) is 4. The number of anilines is 1. The number of piperidine rings is 1. The Hall–Kier alpha value is -2.71. The van der Waals surface area contributed by atoms with Crippen molar-refractivity contribution in [3.05, 3.63) is 48.2 Å². The van der Waals surface area contributed by atoms with E-state index in [4.69, 9.17) is 0 Å². The first-order valence-corrected chi connectivity index (χ1v) is 11.4. The third-order valence-corrected chi connectivity index (χ3v) is 6.68. The lowest BCUT2D eigenvalue weighted by atomic mass is 9.76. The van der Waals surface area contributed by atoms with Crippen LogP contribution >= 0.6 is 0 Å². The van der Waals surface area contributed by atoms with Crippen LogP contribution < -0.4 is 10.6 Å². The lowest BCUT2D eigenvalue weighted by molar-refractivity contribution is -0.122. The van der Waals surface area contributed by atoms with E-state index >= 15 is 0 Å². The summed E-state index contributed by atoms with van der Waals surface area (Å²) in [6.45, 7) is 8.30. The van der Waals surface area contributed by atoms with E-state index in [0.717, 1.165) is 19.5 Å². The van der Waals surface area contributed by atoms with E-state index in [1.165, 1.54) is 5.56 Å². The van der Waals surface area contributed by atoms with Gasteiger partial charge in [-0.1, -0.05) is 30.3 Å². The van der Waals surface area contributed by atoms with Gasteiger partial charge in [0.1, 0.15) is 5.82 Å². The summed E-state index contributed by atoms with van der Waals surface area (Å²) in [4.78, 5) is 29.8. The fourth-order valence-corrected chi connectivity index (χ4v) is 5.62. The topological polar surface area (TPSA) is 82.5 Å². The standard InChI is InChI=1S/C24H34N6O2/c1-17(2)30-21(10-12-25-30)26-22(32)14-29-16-24(27-18(3)31)15-28(4)13-11-20(24)23(29)19-8-6-5-7-9-19/h5-10,12,17,20,23H,11,13-16H2,1-4H3,(H,26,32)(H,27,31)/t20-,23-,24-/m1/s1. The Kier molecular flexibility index (Phi) is 6.35. The first-order valence-electron chi connectivity index (χ1n) is 11.4. The fraction of sp³-hybridized carbons (Fsp3) is 0.542. The van der Waals surface area contributed by atoms with Crippen molar-refractivity contribution in [3.63, 3.8) is 0 Å².